The number of carbonyl (C=O) groups excluding carboxylic acids is 1. The Bertz CT molecular complexity index is 866. The zero-order valence-corrected chi connectivity index (χ0v) is 14.5. The van der Waals surface area contributed by atoms with E-state index >= 15 is 0 Å². The molecule has 150 valence electrons. The van der Waals surface area contributed by atoms with Crippen LogP contribution in [0.3, 0.4) is 0 Å². The molecule has 0 atom stereocenters. The number of carbonyl (C=O) groups is 1. The van der Waals surface area contributed by atoms with Crippen LogP contribution >= 0.6 is 0 Å². The maximum atomic E-state index is 12.6. The van der Waals surface area contributed by atoms with Gasteiger partial charge in [-0.15, -0.1) is 0 Å². The molecule has 3 rings (SSSR count). The molecule has 1 aliphatic rings. The van der Waals surface area contributed by atoms with Crippen molar-refractivity contribution in [3.63, 3.8) is 0 Å². The van der Waals surface area contributed by atoms with Crippen LogP contribution in [0.25, 0.3) is 0 Å². The maximum absolute atomic E-state index is 12.6. The van der Waals surface area contributed by atoms with Crippen molar-refractivity contribution >= 4 is 17.4 Å². The van der Waals surface area contributed by atoms with E-state index < -0.39 is 22.6 Å². The lowest BCUT2D eigenvalue weighted by atomic mass is 10.2. The highest BCUT2D eigenvalue weighted by Gasteiger charge is 2.30. The van der Waals surface area contributed by atoms with Crippen LogP contribution in [-0.4, -0.2) is 51.5 Å². The number of imidazole rings is 1. The fourth-order valence-corrected chi connectivity index (χ4v) is 2.68. The Balaban J connectivity index is 1.56. The first-order valence-electron chi connectivity index (χ1n) is 8.26. The van der Waals surface area contributed by atoms with E-state index in [9.17, 15) is 28.1 Å². The molecule has 2 aromatic rings. The summed E-state index contributed by atoms with van der Waals surface area (Å²) >= 11 is 0. The van der Waals surface area contributed by atoms with Gasteiger partial charge in [0.15, 0.2) is 0 Å². The minimum absolute atomic E-state index is 0.00347. The van der Waals surface area contributed by atoms with Gasteiger partial charge in [-0.25, -0.2) is 0 Å². The van der Waals surface area contributed by atoms with E-state index in [2.05, 4.69) is 10.3 Å². The predicted molar refractivity (Wildman–Crippen MR) is 90.9 cm³/mol. The molecule has 9 nitrogen and oxygen atoms in total. The van der Waals surface area contributed by atoms with E-state index in [4.69, 9.17) is 4.74 Å². The number of hydrogen-bond donors (Lipinski definition) is 1. The van der Waals surface area contributed by atoms with Crippen molar-refractivity contribution in [3.05, 3.63) is 46.1 Å². The molecule has 1 amide bonds. The molecule has 0 saturated carbocycles. The van der Waals surface area contributed by atoms with Crippen LogP contribution in [0.4, 0.5) is 24.7 Å². The highest BCUT2D eigenvalue weighted by atomic mass is 19.4. The van der Waals surface area contributed by atoms with Gasteiger partial charge in [-0.1, -0.05) is 0 Å². The Morgan fingerprint density at radius 2 is 1.96 bits per heavy atom. The van der Waals surface area contributed by atoms with E-state index in [1.165, 1.54) is 22.9 Å². The monoisotopic (exact) mass is 399 g/mol. The van der Waals surface area contributed by atoms with Gasteiger partial charge in [-0.2, -0.15) is 13.2 Å². The average Bonchev–Trinajstić information content (AvgIpc) is 3.00. The van der Waals surface area contributed by atoms with Gasteiger partial charge in [0.2, 0.25) is 5.91 Å². The Labute approximate surface area is 156 Å². The molecule has 1 N–H and O–H groups in total. The molecule has 2 heterocycles. The van der Waals surface area contributed by atoms with Crippen molar-refractivity contribution in [3.8, 4) is 6.01 Å². The third kappa shape index (κ3) is 4.76. The molecule has 0 spiro atoms. The SMILES string of the molecule is O=C(CN1CCOc2nc([N+](=O)[O-])cn2CC1)Nc1ccc(C(F)(F)F)cc1. The van der Waals surface area contributed by atoms with E-state index in [1.54, 1.807) is 4.90 Å². The molecule has 1 aromatic heterocycles. The second-order valence-electron chi connectivity index (χ2n) is 6.08. The summed E-state index contributed by atoms with van der Waals surface area (Å²) in [5.74, 6) is -0.708. The third-order valence-corrected chi connectivity index (χ3v) is 4.07. The van der Waals surface area contributed by atoms with Crippen molar-refractivity contribution in [2.24, 2.45) is 0 Å². The van der Waals surface area contributed by atoms with Crippen LogP contribution in [-0.2, 0) is 17.5 Å². The first-order chi connectivity index (χ1) is 13.2. The normalized spacial score (nSPS) is 15.1. The van der Waals surface area contributed by atoms with Crippen LogP contribution in [0.15, 0.2) is 30.5 Å². The highest BCUT2D eigenvalue weighted by molar-refractivity contribution is 5.92. The lowest BCUT2D eigenvalue weighted by Crippen LogP contribution is -2.39. The molecule has 0 radical (unpaired) electrons. The second-order valence-corrected chi connectivity index (χ2v) is 6.08. The van der Waals surface area contributed by atoms with Gasteiger partial charge in [0.05, 0.1) is 12.1 Å². The summed E-state index contributed by atoms with van der Waals surface area (Å²) in [6.07, 6.45) is -3.17. The van der Waals surface area contributed by atoms with E-state index in [-0.39, 0.29) is 30.7 Å². The van der Waals surface area contributed by atoms with Gasteiger partial charge in [-0.05, 0) is 29.2 Å². The van der Waals surface area contributed by atoms with Crippen LogP contribution in [0.2, 0.25) is 0 Å². The van der Waals surface area contributed by atoms with Crippen molar-refractivity contribution in [1.29, 1.82) is 0 Å². The molecule has 1 aromatic carbocycles. The van der Waals surface area contributed by atoms with Gasteiger partial charge in [0.1, 0.15) is 12.8 Å². The molecule has 0 saturated heterocycles. The molecule has 1 aliphatic heterocycles. The van der Waals surface area contributed by atoms with E-state index in [1.807, 2.05) is 0 Å². The van der Waals surface area contributed by atoms with Gasteiger partial charge < -0.3 is 20.2 Å². The Kier molecular flexibility index (Phi) is 5.49. The summed E-state index contributed by atoms with van der Waals surface area (Å²) in [6, 6.07) is 4.32. The highest BCUT2D eigenvalue weighted by Crippen LogP contribution is 2.29. The summed E-state index contributed by atoms with van der Waals surface area (Å²) in [4.78, 5) is 27.9. The standard InChI is InChI=1S/C16H16F3N5O4/c17-16(18,19)11-1-3-12(4-2-11)20-14(25)10-22-5-6-23-9-13(24(26)27)21-15(23)28-8-7-22/h1-4,9H,5-8,10H2,(H,20,25). The minimum Gasteiger partial charge on any atom is -0.444 e. The molecule has 0 unspecified atom stereocenters. The smallest absolute Gasteiger partial charge is 0.416 e. The number of aromatic nitrogens is 2. The largest absolute Gasteiger partial charge is 0.444 e. The Morgan fingerprint density at radius 3 is 2.61 bits per heavy atom. The van der Waals surface area contributed by atoms with Gasteiger partial charge in [-0.3, -0.25) is 14.3 Å². The number of amides is 1. The Hall–Kier alpha value is -3.15. The number of alkyl halides is 3. The maximum Gasteiger partial charge on any atom is 0.416 e. The number of nitrogens with zero attached hydrogens (tertiary/aromatic N) is 4. The second kappa shape index (κ2) is 7.84. The van der Waals surface area contributed by atoms with E-state index in [0.717, 1.165) is 12.1 Å². The molecule has 0 aliphatic carbocycles. The number of nitrogens with one attached hydrogen (secondary N) is 1. The molecule has 0 bridgehead atoms. The zero-order chi connectivity index (χ0) is 20.3. The summed E-state index contributed by atoms with van der Waals surface area (Å²) < 4.78 is 44.6. The number of hydrogen-bond acceptors (Lipinski definition) is 6. The average molecular weight is 399 g/mol. The first-order valence-corrected chi connectivity index (χ1v) is 8.26. The van der Waals surface area contributed by atoms with Gasteiger partial charge in [0, 0.05) is 30.3 Å². The molecular weight excluding hydrogens is 383 g/mol. The van der Waals surface area contributed by atoms with Crippen LogP contribution in [0.5, 0.6) is 6.01 Å². The van der Waals surface area contributed by atoms with Crippen LogP contribution in [0.1, 0.15) is 5.56 Å². The van der Waals surface area contributed by atoms with Crippen LogP contribution < -0.4 is 10.1 Å². The summed E-state index contributed by atoms with van der Waals surface area (Å²) in [5, 5.41) is 13.3. The number of fused-ring (bicyclic) bond motifs is 1. The predicted octanol–water partition coefficient (Wildman–Crippen LogP) is 2.14. The Morgan fingerprint density at radius 1 is 1.25 bits per heavy atom. The van der Waals surface area contributed by atoms with Crippen molar-refractivity contribution in [1.82, 2.24) is 14.5 Å². The van der Waals surface area contributed by atoms with Crippen molar-refractivity contribution in [2.75, 3.05) is 31.6 Å². The van der Waals surface area contributed by atoms with Gasteiger partial charge in [0.25, 0.3) is 0 Å². The molecule has 28 heavy (non-hydrogen) atoms. The summed E-state index contributed by atoms with van der Waals surface area (Å²) in [5.41, 5.74) is -0.537. The van der Waals surface area contributed by atoms with Crippen molar-refractivity contribution in [2.45, 2.75) is 12.7 Å². The number of halogens is 3. The molecule has 0 fully saturated rings. The number of benzene rings is 1. The zero-order valence-electron chi connectivity index (χ0n) is 14.5. The fraction of sp³-hybridized carbons (Fsp3) is 0.375. The third-order valence-electron chi connectivity index (χ3n) is 4.07. The summed E-state index contributed by atoms with van der Waals surface area (Å²) in [7, 11) is 0. The van der Waals surface area contributed by atoms with E-state index in [0.29, 0.717) is 19.6 Å². The number of anilines is 1. The lowest BCUT2D eigenvalue weighted by Gasteiger charge is -2.23. The van der Waals surface area contributed by atoms with Crippen molar-refractivity contribution < 1.29 is 27.6 Å². The van der Waals surface area contributed by atoms with Crippen LogP contribution in [0, 0.1) is 10.1 Å². The lowest BCUT2D eigenvalue weighted by molar-refractivity contribution is -0.389. The number of nitro groups is 1. The fourth-order valence-electron chi connectivity index (χ4n) is 2.68. The molecular formula is C16H16F3N5O4. The number of rotatable bonds is 4. The topological polar surface area (TPSA) is 103 Å². The number of ether oxygens (including phenoxy) is 1. The quantitative estimate of drug-likeness (QED) is 0.624. The molecule has 12 heteroatoms. The first kappa shape index (κ1) is 19.6. The van der Waals surface area contributed by atoms with Gasteiger partial charge >= 0.3 is 18.0 Å². The summed E-state index contributed by atoms with van der Waals surface area (Å²) in [6.45, 7) is 1.33. The minimum atomic E-state index is -4.44.